The van der Waals surface area contributed by atoms with E-state index in [0.29, 0.717) is 10.4 Å². The zero-order valence-corrected chi connectivity index (χ0v) is 13.4. The second kappa shape index (κ2) is 5.54. The van der Waals surface area contributed by atoms with Crippen molar-refractivity contribution in [3.05, 3.63) is 10.4 Å². The van der Waals surface area contributed by atoms with E-state index in [1.54, 1.807) is 0 Å². The Morgan fingerprint density at radius 2 is 2.25 bits per heavy atom. The first-order valence-corrected chi connectivity index (χ1v) is 7.99. The highest BCUT2D eigenvalue weighted by atomic mass is 32.2. The third-order valence-corrected chi connectivity index (χ3v) is 5.60. The number of nitrogens with zero attached hydrogens (tertiary/aromatic N) is 2. The third kappa shape index (κ3) is 2.72. The molecule has 2 rings (SSSR count). The molecule has 1 aromatic rings. The van der Waals surface area contributed by atoms with E-state index in [2.05, 4.69) is 18.7 Å². The summed E-state index contributed by atoms with van der Waals surface area (Å²) in [5.74, 6) is 0.499. The van der Waals surface area contributed by atoms with Crippen LogP contribution in [-0.2, 0) is 4.74 Å². The number of carbonyl (C=O) groups is 1. The van der Waals surface area contributed by atoms with Crippen LogP contribution in [0.5, 0.6) is 0 Å². The summed E-state index contributed by atoms with van der Waals surface area (Å²) in [6.07, 6.45) is 0. The monoisotopic (exact) mass is 311 g/mol. The van der Waals surface area contributed by atoms with Gasteiger partial charge in [0.25, 0.3) is 0 Å². The minimum absolute atomic E-state index is 0.108. The van der Waals surface area contributed by atoms with E-state index >= 15 is 0 Å². The molecule has 0 spiro atoms. The van der Waals surface area contributed by atoms with Crippen LogP contribution in [0.4, 0.5) is 10.7 Å². The number of nitrogens with two attached hydrogens (primary N) is 1. The third-order valence-electron chi connectivity index (χ3n) is 3.13. The number of nitrogen functional groups attached to an aromatic ring is 1. The van der Waals surface area contributed by atoms with Gasteiger partial charge in [-0.05, 0) is 13.8 Å². The van der Waals surface area contributed by atoms with Crippen LogP contribution in [0.2, 0.25) is 0 Å². The van der Waals surface area contributed by atoms with Crippen molar-refractivity contribution in [2.45, 2.75) is 18.6 Å². The number of carbonyl (C=O) groups excluding carboxylic acids is 1. The van der Waals surface area contributed by atoms with Gasteiger partial charge in [-0.1, -0.05) is 0 Å². The largest absolute Gasteiger partial charge is 0.465 e. The van der Waals surface area contributed by atoms with E-state index < -0.39 is 5.97 Å². The molecule has 108 valence electrons. The molecule has 0 amide bonds. The SMILES string of the molecule is COC(=O)c1c(N2CCSC(C)(C)C2)sc(C#N)c1N. The van der Waals surface area contributed by atoms with Gasteiger partial charge in [0.05, 0.1) is 12.8 Å². The molecule has 0 radical (unpaired) electrons. The van der Waals surface area contributed by atoms with Gasteiger partial charge in [-0.15, -0.1) is 11.3 Å². The molecule has 0 unspecified atom stereocenters. The lowest BCUT2D eigenvalue weighted by Crippen LogP contribution is -2.43. The van der Waals surface area contributed by atoms with Gasteiger partial charge in [-0.3, -0.25) is 0 Å². The lowest BCUT2D eigenvalue weighted by molar-refractivity contribution is 0.0603. The fourth-order valence-corrected chi connectivity index (χ4v) is 4.37. The van der Waals surface area contributed by atoms with Crippen molar-refractivity contribution in [3.63, 3.8) is 0 Å². The smallest absolute Gasteiger partial charge is 0.343 e. The first-order chi connectivity index (χ1) is 9.39. The number of thiophene rings is 1. The molecule has 1 fully saturated rings. The first-order valence-electron chi connectivity index (χ1n) is 6.19. The molecule has 0 bridgehead atoms. The van der Waals surface area contributed by atoms with Gasteiger partial charge in [0, 0.05) is 23.6 Å². The Morgan fingerprint density at radius 3 is 2.80 bits per heavy atom. The maximum atomic E-state index is 12.0. The van der Waals surface area contributed by atoms with Gasteiger partial charge in [-0.25, -0.2) is 4.79 Å². The molecule has 0 saturated carbocycles. The minimum Gasteiger partial charge on any atom is -0.465 e. The van der Waals surface area contributed by atoms with E-state index in [0.717, 1.165) is 23.8 Å². The Balaban J connectivity index is 2.45. The normalized spacial score (nSPS) is 17.6. The molecule has 0 aliphatic carbocycles. The standard InChI is InChI=1S/C13H17N3O2S2/c1-13(2)7-16(4-5-19-13)11-9(12(17)18-3)10(15)8(6-14)20-11/h4-5,7,15H2,1-3H3. The van der Waals surface area contributed by atoms with Crippen molar-refractivity contribution in [3.8, 4) is 6.07 Å². The molecule has 7 heteroatoms. The molecule has 1 aromatic heterocycles. The van der Waals surface area contributed by atoms with Crippen molar-refractivity contribution < 1.29 is 9.53 Å². The Bertz CT molecular complexity index is 575. The van der Waals surface area contributed by atoms with E-state index in [1.165, 1.54) is 18.4 Å². The zero-order valence-electron chi connectivity index (χ0n) is 11.7. The van der Waals surface area contributed by atoms with Crippen LogP contribution in [-0.4, -0.2) is 36.7 Å². The van der Waals surface area contributed by atoms with Crippen molar-refractivity contribution in [2.24, 2.45) is 0 Å². The summed E-state index contributed by atoms with van der Waals surface area (Å²) in [7, 11) is 1.32. The number of thioether (sulfide) groups is 1. The predicted molar refractivity (Wildman–Crippen MR) is 83.5 cm³/mol. The number of hydrogen-bond acceptors (Lipinski definition) is 7. The molecule has 1 aliphatic heterocycles. The molecule has 1 aliphatic rings. The summed E-state index contributed by atoms with van der Waals surface area (Å²) < 4.78 is 4.91. The molecule has 20 heavy (non-hydrogen) atoms. The first kappa shape index (κ1) is 15.0. The van der Waals surface area contributed by atoms with E-state index in [4.69, 9.17) is 15.7 Å². The summed E-state index contributed by atoms with van der Waals surface area (Å²) in [6.45, 7) is 5.99. The van der Waals surface area contributed by atoms with E-state index in [-0.39, 0.29) is 10.4 Å². The topological polar surface area (TPSA) is 79.3 Å². The van der Waals surface area contributed by atoms with Crippen LogP contribution in [0, 0.1) is 11.3 Å². The van der Waals surface area contributed by atoms with Crippen molar-refractivity contribution in [2.75, 3.05) is 36.6 Å². The van der Waals surface area contributed by atoms with Gasteiger partial charge in [0.1, 0.15) is 21.5 Å². The lowest BCUT2D eigenvalue weighted by Gasteiger charge is -2.38. The van der Waals surface area contributed by atoms with Crippen LogP contribution in [0.25, 0.3) is 0 Å². The predicted octanol–water partition coefficient (Wildman–Crippen LogP) is 2.32. The Labute approximate surface area is 126 Å². The van der Waals surface area contributed by atoms with Crippen LogP contribution in [0.1, 0.15) is 29.1 Å². The van der Waals surface area contributed by atoms with Crippen molar-refractivity contribution in [1.82, 2.24) is 0 Å². The second-order valence-electron chi connectivity index (χ2n) is 5.16. The van der Waals surface area contributed by atoms with Gasteiger partial charge in [0.2, 0.25) is 0 Å². The van der Waals surface area contributed by atoms with Crippen LogP contribution in [0.3, 0.4) is 0 Å². The summed E-state index contributed by atoms with van der Waals surface area (Å²) in [5, 5.41) is 9.87. The Hall–Kier alpha value is -1.39. The van der Waals surface area contributed by atoms with Crippen LogP contribution >= 0.6 is 23.1 Å². The zero-order chi connectivity index (χ0) is 14.9. The minimum atomic E-state index is -0.480. The van der Waals surface area contributed by atoms with Gasteiger partial charge in [0.15, 0.2) is 0 Å². The number of anilines is 2. The summed E-state index contributed by atoms with van der Waals surface area (Å²) in [6, 6.07) is 2.05. The number of esters is 1. The molecular weight excluding hydrogens is 294 g/mol. The van der Waals surface area contributed by atoms with Gasteiger partial charge in [-0.2, -0.15) is 17.0 Å². The van der Waals surface area contributed by atoms with Crippen molar-refractivity contribution in [1.29, 1.82) is 5.26 Å². The number of methoxy groups -OCH3 is 1. The molecule has 0 aromatic carbocycles. The second-order valence-corrected chi connectivity index (χ2v) is 7.96. The summed E-state index contributed by atoms with van der Waals surface area (Å²) >= 11 is 3.17. The highest BCUT2D eigenvalue weighted by Gasteiger charge is 2.32. The number of ether oxygens (including phenoxy) is 1. The quantitative estimate of drug-likeness (QED) is 0.844. The van der Waals surface area contributed by atoms with E-state index in [1.807, 2.05) is 17.8 Å². The van der Waals surface area contributed by atoms with Crippen LogP contribution in [0.15, 0.2) is 0 Å². The molecule has 0 atom stereocenters. The molecule has 2 N–H and O–H groups in total. The van der Waals surface area contributed by atoms with Gasteiger partial charge < -0.3 is 15.4 Å². The Morgan fingerprint density at radius 1 is 1.55 bits per heavy atom. The number of rotatable bonds is 2. The highest BCUT2D eigenvalue weighted by Crippen LogP contribution is 2.41. The molecular formula is C13H17N3O2S2. The molecule has 2 heterocycles. The fourth-order valence-electron chi connectivity index (χ4n) is 2.23. The highest BCUT2D eigenvalue weighted by molar-refractivity contribution is 8.00. The lowest BCUT2D eigenvalue weighted by atomic mass is 10.1. The maximum absolute atomic E-state index is 12.0. The molecule has 5 nitrogen and oxygen atoms in total. The summed E-state index contributed by atoms with van der Waals surface area (Å²) in [5.41, 5.74) is 6.48. The average Bonchev–Trinajstić information content (AvgIpc) is 2.73. The van der Waals surface area contributed by atoms with Crippen molar-refractivity contribution >= 4 is 39.8 Å². The molecule has 1 saturated heterocycles. The number of nitriles is 1. The summed E-state index contributed by atoms with van der Waals surface area (Å²) in [4.78, 5) is 14.5. The van der Waals surface area contributed by atoms with Crippen LogP contribution < -0.4 is 10.6 Å². The van der Waals surface area contributed by atoms with E-state index in [9.17, 15) is 4.79 Å². The maximum Gasteiger partial charge on any atom is 0.343 e. The van der Waals surface area contributed by atoms with Gasteiger partial charge >= 0.3 is 5.97 Å². The fraction of sp³-hybridized carbons (Fsp3) is 0.538. The Kier molecular flexibility index (Phi) is 4.16. The number of hydrogen-bond donors (Lipinski definition) is 1. The average molecular weight is 311 g/mol.